The van der Waals surface area contributed by atoms with Crippen molar-refractivity contribution in [3.8, 4) is 0 Å². The Hall–Kier alpha value is -0.570. The fourth-order valence-corrected chi connectivity index (χ4v) is 3.39. The third-order valence-electron chi connectivity index (χ3n) is 5.02. The van der Waals surface area contributed by atoms with Gasteiger partial charge in [0.25, 0.3) is 0 Å². The molecule has 2 fully saturated rings. The first kappa shape index (κ1) is 12.9. The van der Waals surface area contributed by atoms with E-state index < -0.39 is 0 Å². The van der Waals surface area contributed by atoms with E-state index in [-0.39, 0.29) is 5.41 Å². The Morgan fingerprint density at radius 3 is 2.71 bits per heavy atom. The van der Waals surface area contributed by atoms with Gasteiger partial charge >= 0.3 is 0 Å². The predicted octanol–water partition coefficient (Wildman–Crippen LogP) is 2.15. The first-order chi connectivity index (χ1) is 8.12. The van der Waals surface area contributed by atoms with E-state index in [4.69, 9.17) is 5.73 Å². The molecule has 98 valence electrons. The van der Waals surface area contributed by atoms with Crippen LogP contribution in [-0.4, -0.2) is 29.9 Å². The lowest BCUT2D eigenvalue weighted by molar-refractivity contribution is -0.142. The van der Waals surface area contributed by atoms with Crippen molar-refractivity contribution in [2.75, 3.05) is 13.1 Å². The van der Waals surface area contributed by atoms with Crippen LogP contribution in [0.1, 0.15) is 52.4 Å². The van der Waals surface area contributed by atoms with Crippen LogP contribution in [0.3, 0.4) is 0 Å². The van der Waals surface area contributed by atoms with Crippen molar-refractivity contribution in [1.82, 2.24) is 4.90 Å². The van der Waals surface area contributed by atoms with E-state index in [1.165, 1.54) is 32.1 Å². The van der Waals surface area contributed by atoms with Crippen LogP contribution in [-0.2, 0) is 4.79 Å². The lowest BCUT2D eigenvalue weighted by Gasteiger charge is -2.37. The molecule has 0 aromatic carbocycles. The molecule has 0 bridgehead atoms. The summed E-state index contributed by atoms with van der Waals surface area (Å²) in [6.45, 7) is 5.52. The van der Waals surface area contributed by atoms with Crippen molar-refractivity contribution in [2.45, 2.75) is 58.4 Å². The average molecular weight is 238 g/mol. The van der Waals surface area contributed by atoms with Gasteiger partial charge in [0.05, 0.1) is 5.41 Å². The molecule has 1 saturated carbocycles. The minimum Gasteiger partial charge on any atom is -0.339 e. The average Bonchev–Trinajstić information content (AvgIpc) is 2.80. The van der Waals surface area contributed by atoms with Crippen LogP contribution in [0.5, 0.6) is 0 Å². The van der Waals surface area contributed by atoms with Crippen LogP contribution in [0.25, 0.3) is 0 Å². The topological polar surface area (TPSA) is 46.3 Å². The highest BCUT2D eigenvalue weighted by atomic mass is 16.2. The number of fused-ring (bicyclic) bond motifs is 1. The van der Waals surface area contributed by atoms with Crippen molar-refractivity contribution in [1.29, 1.82) is 0 Å². The van der Waals surface area contributed by atoms with E-state index >= 15 is 0 Å². The largest absolute Gasteiger partial charge is 0.339 e. The Morgan fingerprint density at radius 2 is 2.06 bits per heavy atom. The Labute approximate surface area is 105 Å². The zero-order chi connectivity index (χ0) is 12.5. The van der Waals surface area contributed by atoms with Crippen molar-refractivity contribution in [3.63, 3.8) is 0 Å². The molecule has 3 atom stereocenters. The standard InChI is InChI=1S/C14H26N2O/c1-3-14(2,10-15)13(17)16-9-8-11-6-4-5-7-12(11)16/h11-12H,3-10,15H2,1-2H3. The maximum atomic E-state index is 12.6. The second-order valence-corrected chi connectivity index (χ2v) is 6.02. The highest BCUT2D eigenvalue weighted by Crippen LogP contribution is 2.38. The first-order valence-electron chi connectivity index (χ1n) is 7.13. The van der Waals surface area contributed by atoms with Crippen LogP contribution < -0.4 is 5.73 Å². The second kappa shape index (κ2) is 4.97. The highest BCUT2D eigenvalue weighted by molar-refractivity contribution is 5.83. The monoisotopic (exact) mass is 238 g/mol. The Kier molecular flexibility index (Phi) is 3.76. The molecule has 1 aliphatic heterocycles. The van der Waals surface area contributed by atoms with Crippen LogP contribution in [0.2, 0.25) is 0 Å². The van der Waals surface area contributed by atoms with Crippen LogP contribution in [0, 0.1) is 11.3 Å². The molecule has 0 spiro atoms. The van der Waals surface area contributed by atoms with Crippen molar-refractivity contribution >= 4 is 5.91 Å². The first-order valence-corrected chi connectivity index (χ1v) is 7.13. The Morgan fingerprint density at radius 1 is 1.35 bits per heavy atom. The SMILES string of the molecule is CCC(C)(CN)C(=O)N1CCC2CCCCC21. The van der Waals surface area contributed by atoms with E-state index in [2.05, 4.69) is 11.8 Å². The van der Waals surface area contributed by atoms with E-state index in [0.717, 1.165) is 18.9 Å². The third-order valence-corrected chi connectivity index (χ3v) is 5.02. The number of amides is 1. The summed E-state index contributed by atoms with van der Waals surface area (Å²) in [7, 11) is 0. The summed E-state index contributed by atoms with van der Waals surface area (Å²) in [4.78, 5) is 14.8. The molecule has 1 aliphatic carbocycles. The lowest BCUT2D eigenvalue weighted by atomic mass is 9.83. The molecule has 2 rings (SSSR count). The minimum atomic E-state index is -0.341. The maximum absolute atomic E-state index is 12.6. The summed E-state index contributed by atoms with van der Waals surface area (Å²) in [6.07, 6.45) is 7.22. The second-order valence-electron chi connectivity index (χ2n) is 6.02. The molecule has 1 amide bonds. The molecule has 0 radical (unpaired) electrons. The fraction of sp³-hybridized carbons (Fsp3) is 0.929. The predicted molar refractivity (Wildman–Crippen MR) is 69.5 cm³/mol. The summed E-state index contributed by atoms with van der Waals surface area (Å²) in [6, 6.07) is 0.522. The van der Waals surface area contributed by atoms with Gasteiger partial charge in [0, 0.05) is 19.1 Å². The molecule has 2 aliphatic rings. The number of nitrogens with zero attached hydrogens (tertiary/aromatic N) is 1. The van der Waals surface area contributed by atoms with Gasteiger partial charge in [-0.15, -0.1) is 0 Å². The van der Waals surface area contributed by atoms with Gasteiger partial charge in [0.1, 0.15) is 0 Å². The molecule has 1 saturated heterocycles. The van der Waals surface area contributed by atoms with Crippen LogP contribution >= 0.6 is 0 Å². The van der Waals surface area contributed by atoms with E-state index in [1.807, 2.05) is 6.92 Å². The van der Waals surface area contributed by atoms with Gasteiger partial charge in [0.2, 0.25) is 5.91 Å². The van der Waals surface area contributed by atoms with Crippen molar-refractivity contribution in [3.05, 3.63) is 0 Å². The van der Waals surface area contributed by atoms with Gasteiger partial charge in [-0.25, -0.2) is 0 Å². The number of carbonyl (C=O) groups excluding carboxylic acids is 1. The van der Waals surface area contributed by atoms with Crippen molar-refractivity contribution in [2.24, 2.45) is 17.1 Å². The quantitative estimate of drug-likeness (QED) is 0.819. The van der Waals surface area contributed by atoms with E-state index in [1.54, 1.807) is 0 Å². The zero-order valence-electron chi connectivity index (χ0n) is 11.2. The van der Waals surface area contributed by atoms with Crippen LogP contribution in [0.15, 0.2) is 0 Å². The molecule has 1 heterocycles. The zero-order valence-corrected chi connectivity index (χ0v) is 11.2. The number of hydrogen-bond donors (Lipinski definition) is 1. The third kappa shape index (κ3) is 2.22. The Bertz CT molecular complexity index is 286. The van der Waals surface area contributed by atoms with Gasteiger partial charge < -0.3 is 10.6 Å². The summed E-state index contributed by atoms with van der Waals surface area (Å²) in [5.41, 5.74) is 5.47. The Balaban J connectivity index is 2.09. The number of rotatable bonds is 3. The lowest BCUT2D eigenvalue weighted by Crippen LogP contribution is -2.49. The molecule has 17 heavy (non-hydrogen) atoms. The summed E-state index contributed by atoms with van der Waals surface area (Å²) in [5.74, 6) is 1.07. The molecular formula is C14H26N2O. The highest BCUT2D eigenvalue weighted by Gasteiger charge is 2.43. The number of likely N-dealkylation sites (tertiary alicyclic amines) is 1. The molecule has 3 nitrogen and oxygen atoms in total. The van der Waals surface area contributed by atoms with Crippen LogP contribution in [0.4, 0.5) is 0 Å². The maximum Gasteiger partial charge on any atom is 0.230 e. The molecule has 3 heteroatoms. The fourth-order valence-electron chi connectivity index (χ4n) is 3.39. The smallest absolute Gasteiger partial charge is 0.230 e. The number of nitrogens with two attached hydrogens (primary N) is 1. The van der Waals surface area contributed by atoms with Gasteiger partial charge in [-0.1, -0.05) is 19.8 Å². The summed E-state index contributed by atoms with van der Waals surface area (Å²) >= 11 is 0. The minimum absolute atomic E-state index is 0.303. The number of hydrogen-bond acceptors (Lipinski definition) is 2. The number of carbonyl (C=O) groups is 1. The molecular weight excluding hydrogens is 212 g/mol. The summed E-state index contributed by atoms with van der Waals surface area (Å²) < 4.78 is 0. The molecule has 3 unspecified atom stereocenters. The molecule has 2 N–H and O–H groups in total. The van der Waals surface area contributed by atoms with Gasteiger partial charge in [0.15, 0.2) is 0 Å². The van der Waals surface area contributed by atoms with E-state index in [9.17, 15) is 4.79 Å². The van der Waals surface area contributed by atoms with E-state index in [0.29, 0.717) is 18.5 Å². The van der Waals surface area contributed by atoms with Gasteiger partial charge in [-0.2, -0.15) is 0 Å². The summed E-state index contributed by atoms with van der Waals surface area (Å²) in [5, 5.41) is 0. The molecule has 0 aromatic rings. The van der Waals surface area contributed by atoms with Crippen molar-refractivity contribution < 1.29 is 4.79 Å². The van der Waals surface area contributed by atoms with Gasteiger partial charge in [-0.05, 0) is 38.5 Å². The molecule has 0 aromatic heterocycles. The normalized spacial score (nSPS) is 32.1. The van der Waals surface area contributed by atoms with Gasteiger partial charge in [-0.3, -0.25) is 4.79 Å².